The molecule has 5 aromatic carbocycles. The summed E-state index contributed by atoms with van der Waals surface area (Å²) in [7, 11) is 0. The number of hydrogen-bond acceptors (Lipinski definition) is 2. The van der Waals surface area contributed by atoms with Gasteiger partial charge in [0, 0.05) is 17.7 Å². The SMILES string of the molecule is CCOc1ccc(-c2ccc(-c3cc(F)c(-c4cc(F)c(C(F)(F)Oc5cc(F)c(F)c(F)c5)c(F)c4)c(F)c3)c(F)c2)cc1. The molecule has 0 amide bonds. The van der Waals surface area contributed by atoms with Gasteiger partial charge in [0.05, 0.1) is 12.2 Å². The number of alkyl halides is 2. The number of hydrogen-bond donors (Lipinski definition) is 0. The van der Waals surface area contributed by atoms with Gasteiger partial charge in [-0.1, -0.05) is 24.3 Å². The molecule has 5 rings (SSSR count). The van der Waals surface area contributed by atoms with Crippen LogP contribution in [0.2, 0.25) is 0 Å². The molecular formula is C33H18F10O2. The number of benzene rings is 5. The van der Waals surface area contributed by atoms with Gasteiger partial charge in [0.2, 0.25) is 0 Å². The second-order valence-corrected chi connectivity index (χ2v) is 9.60. The lowest BCUT2D eigenvalue weighted by molar-refractivity contribution is -0.189. The first-order valence-electron chi connectivity index (χ1n) is 13.0. The molecule has 232 valence electrons. The topological polar surface area (TPSA) is 18.5 Å². The van der Waals surface area contributed by atoms with Gasteiger partial charge in [-0.05, 0) is 71.6 Å². The van der Waals surface area contributed by atoms with Crippen LogP contribution in [0, 0.1) is 46.5 Å². The first kappa shape index (κ1) is 31.4. The minimum Gasteiger partial charge on any atom is -0.494 e. The van der Waals surface area contributed by atoms with Crippen molar-refractivity contribution in [3.8, 4) is 44.9 Å². The second-order valence-electron chi connectivity index (χ2n) is 9.60. The van der Waals surface area contributed by atoms with Crippen LogP contribution < -0.4 is 9.47 Å². The van der Waals surface area contributed by atoms with Gasteiger partial charge in [0.15, 0.2) is 17.5 Å². The Morgan fingerprint density at radius 2 is 1.02 bits per heavy atom. The third kappa shape index (κ3) is 6.31. The van der Waals surface area contributed by atoms with Crippen molar-refractivity contribution >= 4 is 0 Å². The Balaban J connectivity index is 1.45. The Kier molecular flexibility index (Phi) is 8.51. The van der Waals surface area contributed by atoms with Crippen LogP contribution in [0.25, 0.3) is 33.4 Å². The minimum absolute atomic E-state index is 0.0271. The Hall–Kier alpha value is -5.00. The molecule has 0 bridgehead atoms. The highest BCUT2D eigenvalue weighted by atomic mass is 19.3. The predicted molar refractivity (Wildman–Crippen MR) is 145 cm³/mol. The fourth-order valence-electron chi connectivity index (χ4n) is 4.63. The van der Waals surface area contributed by atoms with Crippen molar-refractivity contribution < 1.29 is 53.4 Å². The normalized spacial score (nSPS) is 11.5. The summed E-state index contributed by atoms with van der Waals surface area (Å²) in [5.74, 6) is -14.2. The van der Waals surface area contributed by atoms with Gasteiger partial charge >= 0.3 is 6.11 Å². The largest absolute Gasteiger partial charge is 0.494 e. The molecule has 45 heavy (non-hydrogen) atoms. The summed E-state index contributed by atoms with van der Waals surface area (Å²) < 4.78 is 154. The molecule has 0 aliphatic heterocycles. The number of rotatable bonds is 8. The lowest BCUT2D eigenvalue weighted by Gasteiger charge is -2.20. The fourth-order valence-corrected chi connectivity index (χ4v) is 4.63. The van der Waals surface area contributed by atoms with Crippen molar-refractivity contribution in [3.63, 3.8) is 0 Å². The second kappa shape index (κ2) is 12.2. The van der Waals surface area contributed by atoms with E-state index in [2.05, 4.69) is 4.74 Å². The summed E-state index contributed by atoms with van der Waals surface area (Å²) in [6, 6.07) is 12.5. The van der Waals surface area contributed by atoms with Crippen LogP contribution in [0.1, 0.15) is 12.5 Å². The van der Waals surface area contributed by atoms with Gasteiger partial charge in [-0.15, -0.1) is 0 Å². The van der Waals surface area contributed by atoms with E-state index in [4.69, 9.17) is 4.74 Å². The predicted octanol–water partition coefficient (Wildman–Crippen LogP) is 10.3. The molecule has 2 nitrogen and oxygen atoms in total. The quantitative estimate of drug-likeness (QED) is 0.125. The van der Waals surface area contributed by atoms with Gasteiger partial charge in [0.1, 0.15) is 46.1 Å². The van der Waals surface area contributed by atoms with E-state index in [1.807, 2.05) is 6.92 Å². The zero-order valence-corrected chi connectivity index (χ0v) is 22.8. The van der Waals surface area contributed by atoms with E-state index < -0.39 is 75.1 Å². The molecular weight excluding hydrogens is 618 g/mol. The average Bonchev–Trinajstić information content (AvgIpc) is 2.95. The first-order valence-corrected chi connectivity index (χ1v) is 13.0. The van der Waals surface area contributed by atoms with Crippen LogP contribution in [0.4, 0.5) is 43.9 Å². The highest BCUT2D eigenvalue weighted by Gasteiger charge is 2.42. The van der Waals surface area contributed by atoms with E-state index in [0.29, 0.717) is 35.6 Å². The fraction of sp³-hybridized carbons (Fsp3) is 0.0909. The maximum absolute atomic E-state index is 15.2. The van der Waals surface area contributed by atoms with E-state index in [1.54, 1.807) is 24.3 Å². The van der Waals surface area contributed by atoms with E-state index >= 15 is 13.2 Å². The van der Waals surface area contributed by atoms with E-state index in [1.165, 1.54) is 12.1 Å². The van der Waals surface area contributed by atoms with Gasteiger partial charge in [-0.25, -0.2) is 35.1 Å². The monoisotopic (exact) mass is 636 g/mol. The molecule has 0 saturated heterocycles. The molecule has 0 radical (unpaired) electrons. The molecule has 0 aromatic heterocycles. The standard InChI is InChI=1S/C33H18F10O2/c1-2-44-20-6-3-16(4-7-20)17-5-8-22(23(34)9-17)18-10-24(35)30(25(36)11-18)19-12-26(37)31(27(38)13-19)33(42,43)45-21-14-28(39)32(41)29(40)15-21/h3-15H,2H2,1H3. The highest BCUT2D eigenvalue weighted by Crippen LogP contribution is 2.39. The molecule has 5 aromatic rings. The van der Waals surface area contributed by atoms with Crippen molar-refractivity contribution in [1.29, 1.82) is 0 Å². The molecule has 0 saturated carbocycles. The minimum atomic E-state index is -4.90. The Morgan fingerprint density at radius 3 is 1.56 bits per heavy atom. The summed E-state index contributed by atoms with van der Waals surface area (Å²) in [6.07, 6.45) is -4.90. The van der Waals surface area contributed by atoms with Crippen molar-refractivity contribution in [2.45, 2.75) is 13.0 Å². The Bertz CT molecular complexity index is 1840. The molecule has 0 heterocycles. The van der Waals surface area contributed by atoms with Crippen LogP contribution in [-0.4, -0.2) is 6.61 Å². The molecule has 0 spiro atoms. The lowest BCUT2D eigenvalue weighted by Crippen LogP contribution is -2.25. The van der Waals surface area contributed by atoms with Gasteiger partial charge in [-0.3, -0.25) is 0 Å². The summed E-state index contributed by atoms with van der Waals surface area (Å²) in [5.41, 5.74) is -3.27. The maximum Gasteiger partial charge on any atom is 0.432 e. The van der Waals surface area contributed by atoms with Crippen molar-refractivity contribution in [2.75, 3.05) is 6.61 Å². The zero-order chi connectivity index (χ0) is 32.6. The van der Waals surface area contributed by atoms with Gasteiger partial charge < -0.3 is 9.47 Å². The van der Waals surface area contributed by atoms with Crippen LogP contribution in [-0.2, 0) is 6.11 Å². The molecule has 0 N–H and O–H groups in total. The Labute approximate surface area is 249 Å². The van der Waals surface area contributed by atoms with Crippen molar-refractivity contribution in [1.82, 2.24) is 0 Å². The summed E-state index contributed by atoms with van der Waals surface area (Å²) in [4.78, 5) is 0. The smallest absolute Gasteiger partial charge is 0.432 e. The zero-order valence-electron chi connectivity index (χ0n) is 22.8. The average molecular weight is 636 g/mol. The van der Waals surface area contributed by atoms with Crippen LogP contribution in [0.3, 0.4) is 0 Å². The van der Waals surface area contributed by atoms with Crippen molar-refractivity contribution in [2.24, 2.45) is 0 Å². The third-order valence-electron chi connectivity index (χ3n) is 6.65. The lowest BCUT2D eigenvalue weighted by atomic mass is 9.96. The number of ether oxygens (including phenoxy) is 2. The molecule has 0 unspecified atom stereocenters. The molecule has 0 atom stereocenters. The van der Waals surface area contributed by atoms with Crippen LogP contribution in [0.5, 0.6) is 11.5 Å². The maximum atomic E-state index is 15.2. The summed E-state index contributed by atoms with van der Waals surface area (Å²) in [6.45, 7) is 2.28. The number of halogens is 10. The summed E-state index contributed by atoms with van der Waals surface area (Å²) in [5, 5.41) is 0. The van der Waals surface area contributed by atoms with Crippen molar-refractivity contribution in [3.05, 3.63) is 131 Å². The van der Waals surface area contributed by atoms with E-state index in [9.17, 15) is 30.7 Å². The van der Waals surface area contributed by atoms with E-state index in [-0.39, 0.29) is 35.4 Å². The first-order chi connectivity index (χ1) is 21.3. The van der Waals surface area contributed by atoms with E-state index in [0.717, 1.165) is 6.07 Å². The van der Waals surface area contributed by atoms with Gasteiger partial charge in [0.25, 0.3) is 0 Å². The third-order valence-corrected chi connectivity index (χ3v) is 6.65. The molecule has 0 fully saturated rings. The molecule has 0 aliphatic carbocycles. The highest BCUT2D eigenvalue weighted by molar-refractivity contribution is 5.75. The van der Waals surface area contributed by atoms with Crippen LogP contribution >= 0.6 is 0 Å². The molecule has 12 heteroatoms. The van der Waals surface area contributed by atoms with Crippen LogP contribution in [0.15, 0.2) is 78.9 Å². The molecule has 0 aliphatic rings. The summed E-state index contributed by atoms with van der Waals surface area (Å²) >= 11 is 0. The van der Waals surface area contributed by atoms with Gasteiger partial charge in [-0.2, -0.15) is 8.78 Å². The Morgan fingerprint density at radius 1 is 0.511 bits per heavy atom.